The minimum absolute atomic E-state index is 0.0522. The Bertz CT molecular complexity index is 961. The molecule has 0 aliphatic carbocycles. The van der Waals surface area contributed by atoms with E-state index in [0.29, 0.717) is 19.3 Å². The number of amides is 1. The van der Waals surface area contributed by atoms with E-state index in [1.54, 1.807) is 0 Å². The van der Waals surface area contributed by atoms with E-state index in [2.05, 4.69) is 62.5 Å². The molecule has 0 bridgehead atoms. The molecule has 0 saturated heterocycles. The van der Waals surface area contributed by atoms with Gasteiger partial charge in [0, 0.05) is 6.42 Å². The number of aliphatic hydroxyl groups excluding tert-OH is 2. The monoisotopic (exact) mass is 816 g/mol. The lowest BCUT2D eigenvalue weighted by Crippen LogP contribution is -2.46. The summed E-state index contributed by atoms with van der Waals surface area (Å²) in [5.74, 6) is -0.516. The van der Waals surface area contributed by atoms with Gasteiger partial charge in [-0.05, 0) is 70.6 Å². The first-order valence-electron chi connectivity index (χ1n) is 25.2. The SMILES string of the molecule is CCCCCCCCC/C=C\CCCC(CC(=O)NC(CO)C(O)CCCCCCCCCCC)OC(=O)CCCCCCC/C=C/C=C/CCCCCCCCC. The van der Waals surface area contributed by atoms with Crippen LogP contribution in [0.2, 0.25) is 0 Å². The van der Waals surface area contributed by atoms with E-state index in [0.717, 1.165) is 70.6 Å². The molecule has 0 fully saturated rings. The number of hydrogen-bond acceptors (Lipinski definition) is 5. The lowest BCUT2D eigenvalue weighted by molar-refractivity contribution is -0.151. The zero-order valence-corrected chi connectivity index (χ0v) is 38.7. The summed E-state index contributed by atoms with van der Waals surface area (Å²) in [4.78, 5) is 26.0. The fourth-order valence-electron chi connectivity index (χ4n) is 7.60. The van der Waals surface area contributed by atoms with Crippen LogP contribution in [0.15, 0.2) is 36.5 Å². The van der Waals surface area contributed by atoms with Gasteiger partial charge in [-0.2, -0.15) is 0 Å². The normalized spacial score (nSPS) is 13.5. The second kappa shape index (κ2) is 46.2. The molecule has 3 atom stereocenters. The van der Waals surface area contributed by atoms with Crippen molar-refractivity contribution in [1.29, 1.82) is 0 Å². The van der Waals surface area contributed by atoms with E-state index in [1.807, 2.05) is 0 Å². The maximum absolute atomic E-state index is 13.1. The Balaban J connectivity index is 4.57. The van der Waals surface area contributed by atoms with Gasteiger partial charge >= 0.3 is 5.97 Å². The Morgan fingerprint density at radius 2 is 0.897 bits per heavy atom. The van der Waals surface area contributed by atoms with Gasteiger partial charge in [-0.3, -0.25) is 9.59 Å². The third kappa shape index (κ3) is 40.8. The number of allylic oxidation sites excluding steroid dienone is 6. The third-order valence-electron chi connectivity index (χ3n) is 11.5. The minimum atomic E-state index is -0.793. The van der Waals surface area contributed by atoms with Crippen LogP contribution >= 0.6 is 0 Å². The fourth-order valence-corrected chi connectivity index (χ4v) is 7.60. The molecule has 58 heavy (non-hydrogen) atoms. The summed E-state index contributed by atoms with van der Waals surface area (Å²) >= 11 is 0. The molecule has 0 saturated carbocycles. The number of nitrogens with one attached hydrogen (secondary N) is 1. The van der Waals surface area contributed by atoms with Crippen molar-refractivity contribution in [2.24, 2.45) is 0 Å². The summed E-state index contributed by atoms with van der Waals surface area (Å²) in [6.45, 7) is 6.44. The van der Waals surface area contributed by atoms with Gasteiger partial charge in [0.1, 0.15) is 6.10 Å². The first-order chi connectivity index (χ1) is 28.5. The predicted molar refractivity (Wildman–Crippen MR) is 250 cm³/mol. The minimum Gasteiger partial charge on any atom is -0.462 e. The van der Waals surface area contributed by atoms with Crippen molar-refractivity contribution < 1.29 is 24.5 Å². The molecule has 0 aromatic carbocycles. The van der Waals surface area contributed by atoms with E-state index < -0.39 is 18.2 Å². The molecule has 1 amide bonds. The van der Waals surface area contributed by atoms with Crippen molar-refractivity contribution >= 4 is 11.9 Å². The second-order valence-corrected chi connectivity index (χ2v) is 17.2. The Labute approximate surface area is 360 Å². The number of esters is 1. The molecule has 3 N–H and O–H groups in total. The summed E-state index contributed by atoms with van der Waals surface area (Å²) < 4.78 is 5.90. The molecule has 0 aliphatic rings. The van der Waals surface area contributed by atoms with Gasteiger partial charge in [0.15, 0.2) is 0 Å². The highest BCUT2D eigenvalue weighted by molar-refractivity contribution is 5.77. The molecule has 6 heteroatoms. The number of aliphatic hydroxyl groups is 2. The molecular weight excluding hydrogens is 719 g/mol. The van der Waals surface area contributed by atoms with Crippen LogP contribution in [-0.4, -0.2) is 46.9 Å². The maximum Gasteiger partial charge on any atom is 0.306 e. The summed E-state index contributed by atoms with van der Waals surface area (Å²) in [5.41, 5.74) is 0. The van der Waals surface area contributed by atoms with Crippen LogP contribution in [0.5, 0.6) is 0 Å². The van der Waals surface area contributed by atoms with Gasteiger partial charge in [-0.15, -0.1) is 0 Å². The Morgan fingerprint density at radius 3 is 1.36 bits per heavy atom. The molecule has 6 nitrogen and oxygen atoms in total. The lowest BCUT2D eigenvalue weighted by atomic mass is 10.0. The molecule has 340 valence electrons. The molecule has 0 heterocycles. The van der Waals surface area contributed by atoms with E-state index in [1.165, 1.54) is 141 Å². The van der Waals surface area contributed by atoms with Crippen LogP contribution in [0.3, 0.4) is 0 Å². The molecule has 0 radical (unpaired) electrons. The van der Waals surface area contributed by atoms with E-state index in [4.69, 9.17) is 4.74 Å². The summed E-state index contributed by atoms with van der Waals surface area (Å²) in [6, 6.07) is -0.709. The van der Waals surface area contributed by atoms with Gasteiger partial charge in [-0.1, -0.05) is 211 Å². The number of ether oxygens (including phenoxy) is 1. The molecule has 0 aliphatic heterocycles. The van der Waals surface area contributed by atoms with Crippen molar-refractivity contribution in [1.82, 2.24) is 5.32 Å². The van der Waals surface area contributed by atoms with Crippen LogP contribution in [0.4, 0.5) is 0 Å². The van der Waals surface area contributed by atoms with E-state index in [9.17, 15) is 19.8 Å². The number of unbranched alkanes of at least 4 members (excludes halogenated alkanes) is 28. The molecule has 0 aromatic rings. The summed E-state index contributed by atoms with van der Waals surface area (Å²) in [7, 11) is 0. The second-order valence-electron chi connectivity index (χ2n) is 17.2. The van der Waals surface area contributed by atoms with Gasteiger partial charge in [0.2, 0.25) is 5.91 Å². The van der Waals surface area contributed by atoms with Crippen LogP contribution in [0.25, 0.3) is 0 Å². The summed E-state index contributed by atoms with van der Waals surface area (Å²) in [5, 5.41) is 23.6. The average Bonchev–Trinajstić information content (AvgIpc) is 3.22. The molecule has 3 unspecified atom stereocenters. The molecule has 0 spiro atoms. The van der Waals surface area contributed by atoms with Crippen LogP contribution in [0.1, 0.15) is 258 Å². The highest BCUT2D eigenvalue weighted by Gasteiger charge is 2.24. The van der Waals surface area contributed by atoms with Crippen LogP contribution in [-0.2, 0) is 14.3 Å². The topological polar surface area (TPSA) is 95.9 Å². The zero-order valence-electron chi connectivity index (χ0n) is 38.7. The number of hydrogen-bond donors (Lipinski definition) is 3. The standard InChI is InChI=1S/C52H97NO5/c1-4-7-10-13-16-19-21-23-24-25-26-27-28-30-33-36-39-42-45-52(57)58-48(43-40-37-34-32-29-22-20-17-14-11-8-5-2)46-51(56)53-49(47-54)50(55)44-41-38-35-31-18-15-12-9-6-3/h24-27,32,34,48-50,54-55H,4-23,28-31,33,35-47H2,1-3H3,(H,53,56)/b25-24+,27-26+,34-32-. The van der Waals surface area contributed by atoms with Crippen molar-refractivity contribution in [3.8, 4) is 0 Å². The first kappa shape index (κ1) is 56.1. The van der Waals surface area contributed by atoms with E-state index in [-0.39, 0.29) is 24.9 Å². The van der Waals surface area contributed by atoms with Crippen molar-refractivity contribution in [3.05, 3.63) is 36.5 Å². The first-order valence-corrected chi connectivity index (χ1v) is 25.2. The molecule has 0 rings (SSSR count). The average molecular weight is 816 g/mol. The predicted octanol–water partition coefficient (Wildman–Crippen LogP) is 14.9. The van der Waals surface area contributed by atoms with Gasteiger partial charge in [0.25, 0.3) is 0 Å². The molecule has 0 aromatic heterocycles. The molecular formula is C52H97NO5. The largest absolute Gasteiger partial charge is 0.462 e. The number of carbonyl (C=O) groups excluding carboxylic acids is 2. The maximum atomic E-state index is 13.1. The zero-order chi connectivity index (χ0) is 42.4. The Morgan fingerprint density at radius 1 is 0.500 bits per heavy atom. The highest BCUT2D eigenvalue weighted by Crippen LogP contribution is 2.17. The number of carbonyl (C=O) groups is 2. The quantitative estimate of drug-likeness (QED) is 0.0246. The smallest absolute Gasteiger partial charge is 0.306 e. The van der Waals surface area contributed by atoms with Crippen molar-refractivity contribution in [2.45, 2.75) is 277 Å². The van der Waals surface area contributed by atoms with Crippen molar-refractivity contribution in [2.75, 3.05) is 6.61 Å². The number of rotatable bonds is 45. The van der Waals surface area contributed by atoms with Crippen LogP contribution < -0.4 is 5.32 Å². The highest BCUT2D eigenvalue weighted by atomic mass is 16.5. The van der Waals surface area contributed by atoms with E-state index >= 15 is 0 Å². The van der Waals surface area contributed by atoms with Gasteiger partial charge in [0.05, 0.1) is 25.2 Å². The third-order valence-corrected chi connectivity index (χ3v) is 11.5. The van der Waals surface area contributed by atoms with Gasteiger partial charge < -0.3 is 20.3 Å². The fraction of sp³-hybridized carbons (Fsp3) is 0.846. The summed E-state index contributed by atoms with van der Waals surface area (Å²) in [6.07, 6.45) is 53.6. The van der Waals surface area contributed by atoms with Gasteiger partial charge in [-0.25, -0.2) is 0 Å². The Hall–Kier alpha value is -1.92. The lowest BCUT2D eigenvalue weighted by Gasteiger charge is -2.24. The van der Waals surface area contributed by atoms with Crippen molar-refractivity contribution in [3.63, 3.8) is 0 Å². The van der Waals surface area contributed by atoms with Crippen LogP contribution in [0, 0.1) is 0 Å². The Kier molecular flexibility index (Phi) is 44.6.